The van der Waals surface area contributed by atoms with E-state index < -0.39 is 0 Å². The Morgan fingerprint density at radius 1 is 1.67 bits per heavy atom. The zero-order chi connectivity index (χ0) is 6.95. The van der Waals surface area contributed by atoms with Crippen LogP contribution in [-0.4, -0.2) is 26.2 Å². The molecule has 0 rings (SSSR count). The molecule has 0 aliphatic heterocycles. The summed E-state index contributed by atoms with van der Waals surface area (Å²) < 4.78 is 4.46. The molecule has 0 aliphatic rings. The lowest BCUT2D eigenvalue weighted by molar-refractivity contribution is -0.128. The topological polar surface area (TPSA) is 38.3 Å². The number of rotatable bonds is 6. The van der Waals surface area contributed by atoms with E-state index in [0.717, 1.165) is 19.5 Å². The Bertz CT molecular complexity index is 66.1. The second kappa shape index (κ2) is 7.43. The molecule has 0 saturated carbocycles. The fourth-order valence-electron chi connectivity index (χ4n) is 0.505. The van der Waals surface area contributed by atoms with E-state index in [1.54, 1.807) is 0 Å². The summed E-state index contributed by atoms with van der Waals surface area (Å²) in [7, 11) is 0. The minimum absolute atomic E-state index is 0.478. The zero-order valence-corrected chi connectivity index (χ0v) is 5.72. The van der Waals surface area contributed by atoms with Crippen molar-refractivity contribution < 1.29 is 9.53 Å². The molecule has 0 aromatic carbocycles. The number of carbonyl (C=O) groups is 1. The molecule has 3 nitrogen and oxygen atoms in total. The van der Waals surface area contributed by atoms with Gasteiger partial charge in [-0.05, 0) is 19.5 Å². The predicted octanol–water partition coefficient (Wildman–Crippen LogP) is 0.159. The summed E-state index contributed by atoms with van der Waals surface area (Å²) in [5.74, 6) is 0. The summed E-state index contributed by atoms with van der Waals surface area (Å²) in [6.07, 6.45) is 0.895. The Labute approximate surface area is 55.4 Å². The molecular weight excluding hydrogens is 118 g/mol. The molecule has 0 aromatic heterocycles. The largest absolute Gasteiger partial charge is 0.468 e. The predicted molar refractivity (Wildman–Crippen MR) is 35.2 cm³/mol. The minimum Gasteiger partial charge on any atom is -0.468 e. The Kier molecular flexibility index (Phi) is 6.96. The third kappa shape index (κ3) is 7.43. The Morgan fingerprint density at radius 3 is 3.00 bits per heavy atom. The van der Waals surface area contributed by atoms with Crippen molar-refractivity contribution in [2.24, 2.45) is 0 Å². The summed E-state index contributed by atoms with van der Waals surface area (Å²) in [4.78, 5) is 9.59. The third-order valence-electron chi connectivity index (χ3n) is 0.934. The van der Waals surface area contributed by atoms with Crippen LogP contribution in [0.15, 0.2) is 0 Å². The molecule has 0 amide bonds. The highest BCUT2D eigenvalue weighted by Gasteiger charge is 1.83. The first-order valence-electron chi connectivity index (χ1n) is 3.17. The summed E-state index contributed by atoms with van der Waals surface area (Å²) in [5.41, 5.74) is 0. The first kappa shape index (κ1) is 8.43. The highest BCUT2D eigenvalue weighted by molar-refractivity contribution is 5.36. The molecule has 3 heteroatoms. The van der Waals surface area contributed by atoms with Crippen molar-refractivity contribution >= 4 is 6.47 Å². The smallest absolute Gasteiger partial charge is 0.293 e. The van der Waals surface area contributed by atoms with Crippen molar-refractivity contribution in [2.45, 2.75) is 13.3 Å². The van der Waals surface area contributed by atoms with Crippen molar-refractivity contribution in [3.8, 4) is 0 Å². The van der Waals surface area contributed by atoms with Crippen LogP contribution in [0.2, 0.25) is 0 Å². The number of hydrogen-bond acceptors (Lipinski definition) is 3. The van der Waals surface area contributed by atoms with Gasteiger partial charge in [-0.1, -0.05) is 6.92 Å². The molecular formula is C6H13NO2. The van der Waals surface area contributed by atoms with Gasteiger partial charge in [0.1, 0.15) is 0 Å². The van der Waals surface area contributed by atoms with E-state index in [1.165, 1.54) is 0 Å². The molecule has 0 radical (unpaired) electrons. The standard InChI is InChI=1S/C6H13NO2/c1-2-7-4-3-5-9-6-8/h6-7H,2-5H2,1H3. The highest BCUT2D eigenvalue weighted by atomic mass is 16.5. The van der Waals surface area contributed by atoms with E-state index in [0.29, 0.717) is 13.1 Å². The first-order valence-corrected chi connectivity index (χ1v) is 3.17. The monoisotopic (exact) mass is 131 g/mol. The van der Waals surface area contributed by atoms with Gasteiger partial charge in [0.2, 0.25) is 0 Å². The first-order chi connectivity index (χ1) is 4.41. The maximum atomic E-state index is 9.59. The van der Waals surface area contributed by atoms with Crippen LogP contribution in [0.3, 0.4) is 0 Å². The zero-order valence-electron chi connectivity index (χ0n) is 5.72. The van der Waals surface area contributed by atoms with Gasteiger partial charge in [0, 0.05) is 0 Å². The number of carbonyl (C=O) groups excluding carboxylic acids is 1. The lowest BCUT2D eigenvalue weighted by Gasteiger charge is -1.98. The van der Waals surface area contributed by atoms with Crippen LogP contribution >= 0.6 is 0 Å². The average Bonchev–Trinajstić information content (AvgIpc) is 1.89. The van der Waals surface area contributed by atoms with Crippen LogP contribution in [0.1, 0.15) is 13.3 Å². The number of nitrogens with one attached hydrogen (secondary N) is 1. The number of ether oxygens (including phenoxy) is 1. The van der Waals surface area contributed by atoms with Gasteiger partial charge in [-0.15, -0.1) is 0 Å². The molecule has 0 saturated heterocycles. The fourth-order valence-corrected chi connectivity index (χ4v) is 0.505. The molecule has 0 heterocycles. The van der Waals surface area contributed by atoms with Gasteiger partial charge in [0.25, 0.3) is 6.47 Å². The highest BCUT2D eigenvalue weighted by Crippen LogP contribution is 1.75. The molecule has 0 fully saturated rings. The molecule has 54 valence electrons. The molecule has 0 aliphatic carbocycles. The molecule has 0 spiro atoms. The van der Waals surface area contributed by atoms with Crippen molar-refractivity contribution in [3.63, 3.8) is 0 Å². The van der Waals surface area contributed by atoms with Crippen LogP contribution in [0.5, 0.6) is 0 Å². The second-order valence-corrected chi connectivity index (χ2v) is 1.67. The number of hydrogen-bond donors (Lipinski definition) is 1. The molecule has 0 atom stereocenters. The molecule has 0 aromatic rings. The SMILES string of the molecule is CCNCCCOC=O. The van der Waals surface area contributed by atoms with E-state index >= 15 is 0 Å². The fraction of sp³-hybridized carbons (Fsp3) is 0.833. The summed E-state index contributed by atoms with van der Waals surface area (Å²) >= 11 is 0. The maximum Gasteiger partial charge on any atom is 0.293 e. The van der Waals surface area contributed by atoms with E-state index in [9.17, 15) is 4.79 Å². The molecule has 0 bridgehead atoms. The van der Waals surface area contributed by atoms with Gasteiger partial charge >= 0.3 is 0 Å². The second-order valence-electron chi connectivity index (χ2n) is 1.67. The average molecular weight is 131 g/mol. The van der Waals surface area contributed by atoms with E-state index in [2.05, 4.69) is 10.1 Å². The quantitative estimate of drug-likeness (QED) is 0.412. The van der Waals surface area contributed by atoms with Gasteiger partial charge in [0.15, 0.2) is 0 Å². The summed E-state index contributed by atoms with van der Waals surface area (Å²) in [5, 5.41) is 3.11. The van der Waals surface area contributed by atoms with Crippen LogP contribution in [0.25, 0.3) is 0 Å². The van der Waals surface area contributed by atoms with Gasteiger partial charge in [-0.25, -0.2) is 0 Å². The van der Waals surface area contributed by atoms with Crippen LogP contribution < -0.4 is 5.32 Å². The minimum atomic E-state index is 0.478. The van der Waals surface area contributed by atoms with Gasteiger partial charge in [-0.2, -0.15) is 0 Å². The lowest BCUT2D eigenvalue weighted by Crippen LogP contribution is -2.15. The maximum absolute atomic E-state index is 9.59. The molecule has 1 N–H and O–H groups in total. The van der Waals surface area contributed by atoms with E-state index in [4.69, 9.17) is 0 Å². The van der Waals surface area contributed by atoms with Crippen molar-refractivity contribution in [1.29, 1.82) is 0 Å². The Hall–Kier alpha value is -0.570. The van der Waals surface area contributed by atoms with Crippen LogP contribution in [-0.2, 0) is 9.53 Å². The van der Waals surface area contributed by atoms with Gasteiger partial charge in [0.05, 0.1) is 6.61 Å². The third-order valence-corrected chi connectivity index (χ3v) is 0.934. The van der Waals surface area contributed by atoms with E-state index in [-0.39, 0.29) is 0 Å². The Balaban J connectivity index is 2.66. The van der Waals surface area contributed by atoms with Crippen molar-refractivity contribution in [1.82, 2.24) is 5.32 Å². The van der Waals surface area contributed by atoms with Gasteiger partial charge < -0.3 is 10.1 Å². The van der Waals surface area contributed by atoms with Crippen molar-refractivity contribution in [3.05, 3.63) is 0 Å². The normalized spacial score (nSPS) is 9.00. The van der Waals surface area contributed by atoms with Crippen LogP contribution in [0, 0.1) is 0 Å². The van der Waals surface area contributed by atoms with Gasteiger partial charge in [-0.3, -0.25) is 4.79 Å². The molecule has 0 unspecified atom stereocenters. The molecule has 9 heavy (non-hydrogen) atoms. The van der Waals surface area contributed by atoms with Crippen molar-refractivity contribution in [2.75, 3.05) is 19.7 Å². The van der Waals surface area contributed by atoms with Crippen LogP contribution in [0.4, 0.5) is 0 Å². The Morgan fingerprint density at radius 2 is 2.44 bits per heavy atom. The summed E-state index contributed by atoms with van der Waals surface area (Å²) in [6, 6.07) is 0. The van der Waals surface area contributed by atoms with E-state index in [1.807, 2.05) is 6.92 Å². The lowest BCUT2D eigenvalue weighted by atomic mass is 10.4. The summed E-state index contributed by atoms with van der Waals surface area (Å²) in [6.45, 7) is 4.94.